The van der Waals surface area contributed by atoms with Crippen molar-refractivity contribution in [2.24, 2.45) is 0 Å². The molecule has 3 heteroatoms. The zero-order chi connectivity index (χ0) is 12.5. The minimum atomic E-state index is 0.599. The van der Waals surface area contributed by atoms with Crippen molar-refractivity contribution in [2.45, 2.75) is 33.7 Å². The van der Waals surface area contributed by atoms with Gasteiger partial charge in [-0.1, -0.05) is 19.1 Å². The molecule has 0 aliphatic carbocycles. The summed E-state index contributed by atoms with van der Waals surface area (Å²) < 4.78 is 5.67. The van der Waals surface area contributed by atoms with Gasteiger partial charge in [0.05, 0.1) is 5.69 Å². The van der Waals surface area contributed by atoms with Gasteiger partial charge in [-0.15, -0.1) is 0 Å². The fraction of sp³-hybridized carbons (Fsp3) is 0.500. The summed E-state index contributed by atoms with van der Waals surface area (Å²) in [4.78, 5) is 4.51. The van der Waals surface area contributed by atoms with Crippen molar-refractivity contribution in [2.75, 3.05) is 13.2 Å². The molecular weight excluding hydrogens is 212 g/mol. The largest absolute Gasteiger partial charge is 0.488 e. The van der Waals surface area contributed by atoms with Crippen molar-refractivity contribution in [3.8, 4) is 5.75 Å². The Morgan fingerprint density at radius 1 is 1.41 bits per heavy atom. The molecule has 0 atom stereocenters. The average molecular weight is 234 g/mol. The molecule has 0 aliphatic rings. The molecule has 0 amide bonds. The van der Waals surface area contributed by atoms with E-state index in [9.17, 15) is 0 Å². The maximum absolute atomic E-state index is 5.67. The molecule has 0 aromatic carbocycles. The van der Waals surface area contributed by atoms with Crippen LogP contribution in [-0.2, 0) is 6.54 Å². The molecular formula is C14H22N2O. The molecule has 17 heavy (non-hydrogen) atoms. The molecule has 0 fully saturated rings. The highest BCUT2D eigenvalue weighted by Gasteiger charge is 2.04. The van der Waals surface area contributed by atoms with Crippen LogP contribution in [0.4, 0.5) is 0 Å². The summed E-state index contributed by atoms with van der Waals surface area (Å²) in [6.07, 6.45) is 5.10. The number of aryl methyl sites for hydroxylation is 1. The molecule has 1 aromatic heterocycles. The lowest BCUT2D eigenvalue weighted by Crippen LogP contribution is -2.16. The molecule has 1 heterocycles. The van der Waals surface area contributed by atoms with Crippen molar-refractivity contribution in [1.82, 2.24) is 10.3 Å². The van der Waals surface area contributed by atoms with Crippen LogP contribution >= 0.6 is 0 Å². The third kappa shape index (κ3) is 5.00. The van der Waals surface area contributed by atoms with Gasteiger partial charge in [-0.3, -0.25) is 4.98 Å². The van der Waals surface area contributed by atoms with Gasteiger partial charge in [0.25, 0.3) is 0 Å². The van der Waals surface area contributed by atoms with Gasteiger partial charge >= 0.3 is 0 Å². The maximum atomic E-state index is 5.67. The van der Waals surface area contributed by atoms with Crippen LogP contribution in [-0.4, -0.2) is 18.1 Å². The van der Waals surface area contributed by atoms with Gasteiger partial charge in [0.1, 0.15) is 12.4 Å². The number of rotatable bonds is 7. The van der Waals surface area contributed by atoms with Crippen molar-refractivity contribution >= 4 is 0 Å². The van der Waals surface area contributed by atoms with Gasteiger partial charge in [-0.25, -0.2) is 0 Å². The van der Waals surface area contributed by atoms with Gasteiger partial charge in [0.15, 0.2) is 0 Å². The summed E-state index contributed by atoms with van der Waals surface area (Å²) in [6.45, 7) is 8.51. The first-order chi connectivity index (χ1) is 8.27. The predicted octanol–water partition coefficient (Wildman–Crippen LogP) is 2.84. The summed E-state index contributed by atoms with van der Waals surface area (Å²) in [6, 6.07) is 3.98. The molecule has 0 spiro atoms. The Morgan fingerprint density at radius 2 is 2.24 bits per heavy atom. The summed E-state index contributed by atoms with van der Waals surface area (Å²) >= 11 is 0. The van der Waals surface area contributed by atoms with Crippen LogP contribution in [0.15, 0.2) is 24.3 Å². The second-order valence-corrected chi connectivity index (χ2v) is 3.95. The number of aromatic nitrogens is 1. The third-order valence-corrected chi connectivity index (χ3v) is 2.36. The summed E-state index contributed by atoms with van der Waals surface area (Å²) in [5, 5.41) is 3.35. The van der Waals surface area contributed by atoms with E-state index in [1.807, 2.05) is 38.1 Å². The quantitative estimate of drug-likeness (QED) is 0.582. The number of allylic oxidation sites excluding steroid dienone is 1. The highest BCUT2D eigenvalue weighted by molar-refractivity contribution is 5.29. The molecule has 0 saturated carbocycles. The standard InChI is InChI=1S/C14H22N2O/c1-4-6-10-17-14-8-7-12(3)16-13(14)11-15-9-5-2/h4,6-8,15H,5,9-11H2,1-3H3. The normalized spacial score (nSPS) is 11.0. The lowest BCUT2D eigenvalue weighted by molar-refractivity contribution is 0.354. The molecule has 0 radical (unpaired) electrons. The second kappa shape index (κ2) is 7.85. The van der Waals surface area contributed by atoms with Crippen LogP contribution in [0.3, 0.4) is 0 Å². The smallest absolute Gasteiger partial charge is 0.142 e. The first-order valence-electron chi connectivity index (χ1n) is 6.19. The molecule has 94 valence electrons. The minimum absolute atomic E-state index is 0.599. The Balaban J connectivity index is 2.65. The number of pyridine rings is 1. The van der Waals surface area contributed by atoms with Crippen molar-refractivity contribution in [3.63, 3.8) is 0 Å². The van der Waals surface area contributed by atoms with Crippen LogP contribution in [0.25, 0.3) is 0 Å². The summed E-state index contributed by atoms with van der Waals surface area (Å²) in [7, 11) is 0. The van der Waals surface area contributed by atoms with E-state index in [-0.39, 0.29) is 0 Å². The van der Waals surface area contributed by atoms with E-state index < -0.39 is 0 Å². The van der Waals surface area contributed by atoms with E-state index in [4.69, 9.17) is 4.74 Å². The van der Waals surface area contributed by atoms with Gasteiger partial charge in [0.2, 0.25) is 0 Å². The Hall–Kier alpha value is -1.35. The molecule has 0 saturated heterocycles. The predicted molar refractivity (Wildman–Crippen MR) is 71.3 cm³/mol. The Kier molecular flexibility index (Phi) is 6.33. The Labute approximate surface area is 104 Å². The highest BCUT2D eigenvalue weighted by atomic mass is 16.5. The third-order valence-electron chi connectivity index (χ3n) is 2.36. The minimum Gasteiger partial charge on any atom is -0.488 e. The first kappa shape index (κ1) is 13.7. The number of nitrogens with one attached hydrogen (secondary N) is 1. The van der Waals surface area contributed by atoms with E-state index in [1.54, 1.807) is 0 Å². The zero-order valence-electron chi connectivity index (χ0n) is 11.0. The molecule has 1 aromatic rings. The fourth-order valence-corrected chi connectivity index (χ4v) is 1.47. The van der Waals surface area contributed by atoms with Crippen LogP contribution in [0.5, 0.6) is 5.75 Å². The van der Waals surface area contributed by atoms with E-state index in [0.29, 0.717) is 6.61 Å². The zero-order valence-corrected chi connectivity index (χ0v) is 11.0. The second-order valence-electron chi connectivity index (χ2n) is 3.95. The fourth-order valence-electron chi connectivity index (χ4n) is 1.47. The number of hydrogen-bond acceptors (Lipinski definition) is 3. The van der Waals surface area contributed by atoms with E-state index in [1.165, 1.54) is 0 Å². The van der Waals surface area contributed by atoms with Crippen molar-refractivity contribution in [3.05, 3.63) is 35.7 Å². The van der Waals surface area contributed by atoms with Crippen molar-refractivity contribution < 1.29 is 4.74 Å². The Bertz CT molecular complexity index is 361. The van der Waals surface area contributed by atoms with Gasteiger partial charge in [0, 0.05) is 12.2 Å². The van der Waals surface area contributed by atoms with Gasteiger partial charge in [-0.05, 0) is 38.9 Å². The SMILES string of the molecule is CC=CCOc1ccc(C)nc1CNCCC. The lowest BCUT2D eigenvalue weighted by atomic mass is 10.2. The van der Waals surface area contributed by atoms with E-state index in [0.717, 1.165) is 36.6 Å². The molecule has 0 unspecified atom stereocenters. The van der Waals surface area contributed by atoms with Crippen LogP contribution in [0, 0.1) is 6.92 Å². The van der Waals surface area contributed by atoms with Crippen molar-refractivity contribution in [1.29, 1.82) is 0 Å². The van der Waals surface area contributed by atoms with E-state index in [2.05, 4.69) is 17.2 Å². The molecule has 0 bridgehead atoms. The molecule has 1 N–H and O–H groups in total. The summed E-state index contributed by atoms with van der Waals surface area (Å²) in [5.74, 6) is 0.873. The van der Waals surface area contributed by atoms with Gasteiger partial charge < -0.3 is 10.1 Å². The number of hydrogen-bond donors (Lipinski definition) is 1. The van der Waals surface area contributed by atoms with E-state index >= 15 is 0 Å². The topological polar surface area (TPSA) is 34.1 Å². The monoisotopic (exact) mass is 234 g/mol. The van der Waals surface area contributed by atoms with Crippen LogP contribution in [0.2, 0.25) is 0 Å². The lowest BCUT2D eigenvalue weighted by Gasteiger charge is -2.10. The summed E-state index contributed by atoms with van der Waals surface area (Å²) in [5.41, 5.74) is 2.01. The first-order valence-corrected chi connectivity index (χ1v) is 6.19. The molecule has 3 nitrogen and oxygen atoms in total. The highest BCUT2D eigenvalue weighted by Crippen LogP contribution is 2.16. The Morgan fingerprint density at radius 3 is 2.94 bits per heavy atom. The molecule has 0 aliphatic heterocycles. The number of ether oxygens (including phenoxy) is 1. The molecule has 1 rings (SSSR count). The number of nitrogens with zero attached hydrogens (tertiary/aromatic N) is 1. The van der Waals surface area contributed by atoms with Crippen LogP contribution in [0.1, 0.15) is 31.7 Å². The van der Waals surface area contributed by atoms with Gasteiger partial charge in [-0.2, -0.15) is 0 Å². The maximum Gasteiger partial charge on any atom is 0.142 e. The van der Waals surface area contributed by atoms with Crippen LogP contribution < -0.4 is 10.1 Å². The average Bonchev–Trinajstić information content (AvgIpc) is 2.32.